The van der Waals surface area contributed by atoms with E-state index in [0.717, 1.165) is 12.1 Å². The lowest BCUT2D eigenvalue weighted by Crippen LogP contribution is -2.34. The predicted molar refractivity (Wildman–Crippen MR) is 109 cm³/mol. The molecule has 0 aliphatic carbocycles. The summed E-state index contributed by atoms with van der Waals surface area (Å²) in [5, 5.41) is 0. The summed E-state index contributed by atoms with van der Waals surface area (Å²) in [5.41, 5.74) is 4.91. The Labute approximate surface area is 155 Å². The molecular weight excluding hydrogens is 328 g/mol. The van der Waals surface area contributed by atoms with E-state index in [9.17, 15) is 4.21 Å². The van der Waals surface area contributed by atoms with E-state index in [4.69, 9.17) is 0 Å². The average molecular weight is 359 g/mol. The second-order valence-corrected chi connectivity index (χ2v) is 9.74. The molecule has 2 atom stereocenters. The van der Waals surface area contributed by atoms with Gasteiger partial charge in [0.05, 0.1) is 15.7 Å². The molecule has 0 spiro atoms. The Morgan fingerprint density at radius 3 is 2.40 bits per heavy atom. The first-order chi connectivity index (χ1) is 11.7. The third-order valence-corrected chi connectivity index (χ3v) is 5.72. The summed E-state index contributed by atoms with van der Waals surface area (Å²) in [6.07, 6.45) is 0. The van der Waals surface area contributed by atoms with Gasteiger partial charge in [0.1, 0.15) is 0 Å². The van der Waals surface area contributed by atoms with Gasteiger partial charge in [-0.2, -0.15) is 0 Å². The maximum Gasteiger partial charge on any atom is 0.0975 e. The fourth-order valence-corrected chi connectivity index (χ4v) is 3.47. The molecule has 0 amide bonds. The van der Waals surface area contributed by atoms with E-state index in [2.05, 4.69) is 79.2 Å². The summed E-state index contributed by atoms with van der Waals surface area (Å²) in [6, 6.07) is 17.1. The Hall–Kier alpha value is -1.49. The van der Waals surface area contributed by atoms with Gasteiger partial charge in [0.15, 0.2) is 0 Å². The lowest BCUT2D eigenvalue weighted by atomic mass is 9.96. The molecule has 1 unspecified atom stereocenters. The van der Waals surface area contributed by atoms with Crippen molar-refractivity contribution in [1.29, 1.82) is 0 Å². The normalized spacial score (nSPS) is 14.5. The highest BCUT2D eigenvalue weighted by Crippen LogP contribution is 2.27. The van der Waals surface area contributed by atoms with E-state index in [0.29, 0.717) is 0 Å². The van der Waals surface area contributed by atoms with Crippen LogP contribution in [0.5, 0.6) is 0 Å². The quantitative estimate of drug-likeness (QED) is 0.823. The standard InChI is InChI=1S/C21H30N2OS/c1-16(22-25(24)21(2,3)4)17-11-9-12-18(14-17)20-13-8-7-10-19(20)15-23(5)6/h7-14,16,22H,15H2,1-6H3/t16-,25?/m1/s1. The molecule has 136 valence electrons. The minimum atomic E-state index is -1.09. The highest BCUT2D eigenvalue weighted by Gasteiger charge is 2.21. The topological polar surface area (TPSA) is 32.3 Å². The van der Waals surface area contributed by atoms with Crippen LogP contribution < -0.4 is 4.72 Å². The van der Waals surface area contributed by atoms with Gasteiger partial charge in [-0.25, -0.2) is 8.93 Å². The Kier molecular flexibility index (Phi) is 6.55. The van der Waals surface area contributed by atoms with Gasteiger partial charge in [0.2, 0.25) is 0 Å². The van der Waals surface area contributed by atoms with Gasteiger partial charge in [-0.3, -0.25) is 0 Å². The minimum absolute atomic E-state index is 0.0287. The van der Waals surface area contributed by atoms with Crippen molar-refractivity contribution in [2.45, 2.75) is 45.0 Å². The van der Waals surface area contributed by atoms with Crippen molar-refractivity contribution in [3.05, 3.63) is 59.7 Å². The van der Waals surface area contributed by atoms with Crippen LogP contribution in [0.15, 0.2) is 48.5 Å². The van der Waals surface area contributed by atoms with Gasteiger partial charge >= 0.3 is 0 Å². The highest BCUT2D eigenvalue weighted by atomic mass is 32.2. The summed E-state index contributed by atoms with van der Waals surface area (Å²) < 4.78 is 15.3. The van der Waals surface area contributed by atoms with Gasteiger partial charge in [-0.05, 0) is 70.1 Å². The first-order valence-electron chi connectivity index (χ1n) is 8.69. The van der Waals surface area contributed by atoms with Gasteiger partial charge < -0.3 is 4.90 Å². The van der Waals surface area contributed by atoms with E-state index < -0.39 is 11.0 Å². The van der Waals surface area contributed by atoms with E-state index in [1.807, 2.05) is 20.8 Å². The number of benzene rings is 2. The van der Waals surface area contributed by atoms with E-state index >= 15 is 0 Å². The molecular formula is C21H30N2OS. The number of nitrogens with zero attached hydrogens (tertiary/aromatic N) is 1. The molecule has 0 saturated heterocycles. The molecule has 0 saturated carbocycles. The van der Waals surface area contributed by atoms with Gasteiger partial charge in [0, 0.05) is 12.6 Å². The van der Waals surface area contributed by atoms with Crippen LogP contribution in [-0.4, -0.2) is 28.0 Å². The molecule has 0 aliphatic heterocycles. The van der Waals surface area contributed by atoms with Crippen molar-refractivity contribution in [3.8, 4) is 11.1 Å². The van der Waals surface area contributed by atoms with E-state index in [1.165, 1.54) is 16.7 Å². The molecule has 4 heteroatoms. The fourth-order valence-electron chi connectivity index (χ4n) is 2.66. The number of nitrogens with one attached hydrogen (secondary N) is 1. The van der Waals surface area contributed by atoms with Crippen LogP contribution in [0.1, 0.15) is 44.9 Å². The molecule has 2 aromatic rings. The van der Waals surface area contributed by atoms with Gasteiger partial charge in [-0.15, -0.1) is 0 Å². The highest BCUT2D eigenvalue weighted by molar-refractivity contribution is 7.84. The largest absolute Gasteiger partial charge is 0.305 e. The zero-order chi connectivity index (χ0) is 18.6. The number of hydrogen-bond donors (Lipinski definition) is 1. The second-order valence-electron chi connectivity index (χ2n) is 7.74. The lowest BCUT2D eigenvalue weighted by molar-refractivity contribution is 0.403. The maximum atomic E-state index is 12.4. The molecule has 1 N–H and O–H groups in total. The maximum absolute atomic E-state index is 12.4. The molecule has 0 bridgehead atoms. The molecule has 25 heavy (non-hydrogen) atoms. The Bertz CT molecular complexity index is 735. The Morgan fingerprint density at radius 2 is 1.76 bits per heavy atom. The fraction of sp³-hybridized carbons (Fsp3) is 0.429. The van der Waals surface area contributed by atoms with Gasteiger partial charge in [0.25, 0.3) is 0 Å². The molecule has 0 aromatic heterocycles. The molecule has 2 rings (SSSR count). The first-order valence-corrected chi connectivity index (χ1v) is 9.84. The predicted octanol–water partition coefficient (Wildman–Crippen LogP) is 4.53. The molecule has 0 fully saturated rings. The second kappa shape index (κ2) is 8.26. The zero-order valence-corrected chi connectivity index (χ0v) is 17.0. The lowest BCUT2D eigenvalue weighted by Gasteiger charge is -2.22. The third kappa shape index (κ3) is 5.50. The van der Waals surface area contributed by atoms with Crippen LogP contribution in [0.3, 0.4) is 0 Å². The van der Waals surface area contributed by atoms with Crippen molar-refractivity contribution in [1.82, 2.24) is 9.62 Å². The Morgan fingerprint density at radius 1 is 1.08 bits per heavy atom. The Balaban J connectivity index is 2.29. The molecule has 2 aromatic carbocycles. The van der Waals surface area contributed by atoms with E-state index in [1.54, 1.807) is 0 Å². The smallest absolute Gasteiger partial charge is 0.0975 e. The van der Waals surface area contributed by atoms with Gasteiger partial charge in [-0.1, -0.05) is 42.5 Å². The van der Waals surface area contributed by atoms with Crippen molar-refractivity contribution in [2.24, 2.45) is 0 Å². The summed E-state index contributed by atoms with van der Waals surface area (Å²) in [6.45, 7) is 8.92. The number of hydrogen-bond acceptors (Lipinski definition) is 2. The van der Waals surface area contributed by atoms with Crippen LogP contribution in [-0.2, 0) is 17.5 Å². The van der Waals surface area contributed by atoms with Crippen LogP contribution in [0.25, 0.3) is 11.1 Å². The van der Waals surface area contributed by atoms with Crippen molar-refractivity contribution < 1.29 is 4.21 Å². The summed E-state index contributed by atoms with van der Waals surface area (Å²) in [5.74, 6) is 0. The molecule has 0 heterocycles. The molecule has 3 nitrogen and oxygen atoms in total. The first kappa shape index (κ1) is 19.8. The summed E-state index contributed by atoms with van der Waals surface area (Å²) >= 11 is 0. The molecule has 0 aliphatic rings. The zero-order valence-electron chi connectivity index (χ0n) is 16.2. The number of rotatable bonds is 6. The molecule has 0 radical (unpaired) electrons. The van der Waals surface area contributed by atoms with Crippen LogP contribution >= 0.6 is 0 Å². The monoisotopic (exact) mass is 358 g/mol. The van der Waals surface area contributed by atoms with Crippen LogP contribution in [0.4, 0.5) is 0 Å². The summed E-state index contributed by atoms with van der Waals surface area (Å²) in [7, 11) is 3.08. The summed E-state index contributed by atoms with van der Waals surface area (Å²) in [4.78, 5) is 2.18. The SMILES string of the molecule is C[C@@H](NS(=O)C(C)(C)C)c1cccc(-c2ccccc2CN(C)C)c1. The van der Waals surface area contributed by atoms with Crippen LogP contribution in [0, 0.1) is 0 Å². The third-order valence-electron chi connectivity index (χ3n) is 4.04. The van der Waals surface area contributed by atoms with Crippen LogP contribution in [0.2, 0.25) is 0 Å². The van der Waals surface area contributed by atoms with E-state index in [-0.39, 0.29) is 10.8 Å². The van der Waals surface area contributed by atoms with Crippen molar-refractivity contribution >= 4 is 11.0 Å². The van der Waals surface area contributed by atoms with Crippen molar-refractivity contribution in [3.63, 3.8) is 0 Å². The minimum Gasteiger partial charge on any atom is -0.305 e. The average Bonchev–Trinajstić information content (AvgIpc) is 2.54. The van der Waals surface area contributed by atoms with Crippen molar-refractivity contribution in [2.75, 3.05) is 14.1 Å².